The van der Waals surface area contributed by atoms with Crippen LogP contribution in [0.4, 0.5) is 5.69 Å². The number of carbonyl (C=O) groups excluding carboxylic acids is 1. The highest BCUT2D eigenvalue weighted by atomic mass is 32.2. The Morgan fingerprint density at radius 2 is 2.07 bits per heavy atom. The third-order valence-corrected chi connectivity index (χ3v) is 6.68. The number of fused-ring (bicyclic) bond motifs is 1. The number of nitrogens with one attached hydrogen (secondary N) is 1. The molecule has 0 aliphatic carbocycles. The molecule has 1 aromatic heterocycles. The highest BCUT2D eigenvalue weighted by Crippen LogP contribution is 2.30. The topological polar surface area (TPSA) is 73.2 Å². The molecule has 30 heavy (non-hydrogen) atoms. The van der Waals surface area contributed by atoms with E-state index in [4.69, 9.17) is 9.72 Å². The van der Waals surface area contributed by atoms with Crippen LogP contribution in [0.5, 0.6) is 5.75 Å². The fraction of sp³-hybridized carbons (Fsp3) is 0.227. The van der Waals surface area contributed by atoms with Crippen LogP contribution in [-0.4, -0.2) is 34.1 Å². The van der Waals surface area contributed by atoms with E-state index in [9.17, 15) is 9.59 Å². The summed E-state index contributed by atoms with van der Waals surface area (Å²) in [5.41, 5.74) is 3.26. The number of amides is 1. The molecule has 0 unspecified atom stereocenters. The first kappa shape index (κ1) is 20.6. The van der Waals surface area contributed by atoms with Crippen LogP contribution in [0.25, 0.3) is 5.69 Å². The molecule has 1 amide bonds. The van der Waals surface area contributed by atoms with Crippen LogP contribution in [-0.2, 0) is 11.2 Å². The summed E-state index contributed by atoms with van der Waals surface area (Å²) in [6.45, 7) is 1.98. The van der Waals surface area contributed by atoms with E-state index in [2.05, 4.69) is 5.32 Å². The van der Waals surface area contributed by atoms with Crippen molar-refractivity contribution in [2.24, 2.45) is 0 Å². The first-order valence-electron chi connectivity index (χ1n) is 9.47. The summed E-state index contributed by atoms with van der Waals surface area (Å²) in [5.74, 6) is 1.57. The number of nitrogens with zero attached hydrogens (tertiary/aromatic N) is 2. The van der Waals surface area contributed by atoms with Crippen molar-refractivity contribution in [1.82, 2.24) is 9.55 Å². The lowest BCUT2D eigenvalue weighted by Crippen LogP contribution is -2.24. The number of carbonyl (C=O) groups is 1. The van der Waals surface area contributed by atoms with Crippen molar-refractivity contribution >= 4 is 35.1 Å². The second-order valence-electron chi connectivity index (χ2n) is 6.81. The zero-order valence-corrected chi connectivity index (χ0v) is 18.3. The van der Waals surface area contributed by atoms with Gasteiger partial charge in [0, 0.05) is 17.9 Å². The van der Waals surface area contributed by atoms with Gasteiger partial charge in [-0.3, -0.25) is 14.2 Å². The zero-order valence-electron chi connectivity index (χ0n) is 16.7. The molecule has 8 heteroatoms. The first-order valence-corrected chi connectivity index (χ1v) is 11.4. The maximum absolute atomic E-state index is 13.2. The molecule has 0 saturated heterocycles. The smallest absolute Gasteiger partial charge is 0.272 e. The summed E-state index contributed by atoms with van der Waals surface area (Å²) < 4.78 is 6.80. The Balaban J connectivity index is 1.61. The summed E-state index contributed by atoms with van der Waals surface area (Å²) in [5, 5.41) is 3.42. The van der Waals surface area contributed by atoms with Crippen LogP contribution in [0.15, 0.2) is 63.4 Å². The molecule has 1 N–H and O–H groups in total. The number of anilines is 1. The van der Waals surface area contributed by atoms with Gasteiger partial charge in [0.25, 0.3) is 5.56 Å². The number of aromatic nitrogens is 2. The molecule has 2 aromatic carbocycles. The summed E-state index contributed by atoms with van der Waals surface area (Å²) in [4.78, 5) is 31.1. The van der Waals surface area contributed by atoms with E-state index in [0.717, 1.165) is 29.1 Å². The summed E-state index contributed by atoms with van der Waals surface area (Å²) in [6, 6.07) is 14.9. The Hall–Kier alpha value is -2.71. The predicted molar refractivity (Wildman–Crippen MR) is 121 cm³/mol. The molecule has 6 nitrogen and oxygen atoms in total. The average Bonchev–Trinajstić information content (AvgIpc) is 3.21. The minimum Gasteiger partial charge on any atom is -0.497 e. The van der Waals surface area contributed by atoms with E-state index in [1.54, 1.807) is 23.8 Å². The molecule has 0 radical (unpaired) electrons. The molecule has 1 aliphatic rings. The minimum absolute atomic E-state index is 0.0886. The molecule has 1 aliphatic heterocycles. The maximum Gasteiger partial charge on any atom is 0.272 e. The Labute approximate surface area is 183 Å². The minimum atomic E-state index is -0.143. The quantitative estimate of drug-likeness (QED) is 0.463. The van der Waals surface area contributed by atoms with Gasteiger partial charge < -0.3 is 10.1 Å². The Morgan fingerprint density at radius 1 is 1.27 bits per heavy atom. The Bertz CT molecular complexity index is 1140. The van der Waals surface area contributed by atoms with Crippen LogP contribution < -0.4 is 15.6 Å². The van der Waals surface area contributed by atoms with E-state index in [0.29, 0.717) is 21.5 Å². The van der Waals surface area contributed by atoms with Crippen molar-refractivity contribution in [2.75, 3.05) is 23.9 Å². The van der Waals surface area contributed by atoms with Gasteiger partial charge in [-0.15, -0.1) is 11.8 Å². The highest BCUT2D eigenvalue weighted by molar-refractivity contribution is 8.00. The fourth-order valence-corrected chi connectivity index (χ4v) is 5.05. The zero-order chi connectivity index (χ0) is 21.1. The van der Waals surface area contributed by atoms with Crippen molar-refractivity contribution in [3.05, 3.63) is 70.1 Å². The van der Waals surface area contributed by atoms with Crippen LogP contribution in [0, 0.1) is 6.92 Å². The summed E-state index contributed by atoms with van der Waals surface area (Å²) in [6.07, 6.45) is 0.766. The summed E-state index contributed by atoms with van der Waals surface area (Å²) >= 11 is 2.80. The molecule has 0 fully saturated rings. The predicted octanol–water partition coefficient (Wildman–Crippen LogP) is 3.93. The van der Waals surface area contributed by atoms with Gasteiger partial charge >= 0.3 is 0 Å². The molecule has 0 atom stereocenters. The molecule has 0 saturated carbocycles. The van der Waals surface area contributed by atoms with Gasteiger partial charge in [-0.05, 0) is 48.9 Å². The number of thioether (sulfide) groups is 2. The van der Waals surface area contributed by atoms with Crippen molar-refractivity contribution in [2.45, 2.75) is 23.4 Å². The van der Waals surface area contributed by atoms with E-state index >= 15 is 0 Å². The van der Waals surface area contributed by atoms with Gasteiger partial charge in [0.2, 0.25) is 5.91 Å². The first-order chi connectivity index (χ1) is 14.5. The molecular weight excluding hydrogens is 418 g/mol. The van der Waals surface area contributed by atoms with Crippen molar-refractivity contribution in [3.63, 3.8) is 0 Å². The number of aryl methyl sites for hydroxylation is 2. The number of hydrogen-bond donors (Lipinski definition) is 1. The molecule has 3 aromatic rings. The van der Waals surface area contributed by atoms with E-state index < -0.39 is 0 Å². The van der Waals surface area contributed by atoms with Gasteiger partial charge in [-0.25, -0.2) is 4.98 Å². The number of benzene rings is 2. The van der Waals surface area contributed by atoms with Gasteiger partial charge in [0.1, 0.15) is 5.75 Å². The van der Waals surface area contributed by atoms with Gasteiger partial charge in [0.15, 0.2) is 5.16 Å². The van der Waals surface area contributed by atoms with Crippen molar-refractivity contribution in [3.8, 4) is 11.4 Å². The number of ether oxygens (including phenoxy) is 1. The molecule has 0 bridgehead atoms. The molecular formula is C22H21N3O3S2. The standard InChI is InChI=1S/C22H21N3O3S2/c1-14-4-3-5-15(12-14)23-19(26)13-30-22-24-18-10-11-29-20(18)21(27)25(22)16-6-8-17(28-2)9-7-16/h3-9,12H,10-11,13H2,1-2H3,(H,23,26). The lowest BCUT2D eigenvalue weighted by atomic mass is 10.2. The van der Waals surface area contributed by atoms with E-state index in [1.807, 2.05) is 43.3 Å². The van der Waals surface area contributed by atoms with E-state index in [1.165, 1.54) is 23.5 Å². The fourth-order valence-electron chi connectivity index (χ4n) is 3.20. The molecule has 0 spiro atoms. The monoisotopic (exact) mass is 439 g/mol. The van der Waals surface area contributed by atoms with Crippen molar-refractivity contribution in [1.29, 1.82) is 0 Å². The summed E-state index contributed by atoms with van der Waals surface area (Å²) in [7, 11) is 1.60. The SMILES string of the molecule is COc1ccc(-n2c(SCC(=O)Nc3cccc(C)c3)nc3c(c2=O)SCC3)cc1. The second kappa shape index (κ2) is 8.97. The number of rotatable bonds is 6. The number of methoxy groups -OCH3 is 1. The van der Waals surface area contributed by atoms with Gasteiger partial charge in [-0.1, -0.05) is 23.9 Å². The molecule has 2 heterocycles. The van der Waals surface area contributed by atoms with Gasteiger partial charge in [0.05, 0.1) is 29.1 Å². The number of hydrogen-bond acceptors (Lipinski definition) is 6. The highest BCUT2D eigenvalue weighted by Gasteiger charge is 2.23. The van der Waals surface area contributed by atoms with E-state index in [-0.39, 0.29) is 17.2 Å². The van der Waals surface area contributed by atoms with Gasteiger partial charge in [-0.2, -0.15) is 0 Å². The normalized spacial score (nSPS) is 12.5. The lowest BCUT2D eigenvalue weighted by molar-refractivity contribution is -0.113. The van der Waals surface area contributed by atoms with Crippen LogP contribution in [0.3, 0.4) is 0 Å². The van der Waals surface area contributed by atoms with Crippen LogP contribution in [0.1, 0.15) is 11.3 Å². The lowest BCUT2D eigenvalue weighted by Gasteiger charge is -2.14. The molecule has 4 rings (SSSR count). The van der Waals surface area contributed by atoms with Crippen LogP contribution in [0.2, 0.25) is 0 Å². The molecule has 154 valence electrons. The average molecular weight is 440 g/mol. The second-order valence-corrected chi connectivity index (χ2v) is 8.86. The Kier molecular flexibility index (Phi) is 6.15. The third kappa shape index (κ3) is 4.39. The Morgan fingerprint density at radius 3 is 2.80 bits per heavy atom. The van der Waals surface area contributed by atoms with Crippen LogP contribution >= 0.6 is 23.5 Å². The largest absolute Gasteiger partial charge is 0.497 e. The third-order valence-electron chi connectivity index (χ3n) is 4.63. The van der Waals surface area contributed by atoms with Crippen molar-refractivity contribution < 1.29 is 9.53 Å². The maximum atomic E-state index is 13.2.